The van der Waals surface area contributed by atoms with E-state index in [0.29, 0.717) is 19.1 Å². The van der Waals surface area contributed by atoms with Crippen molar-refractivity contribution < 1.29 is 9.53 Å². The van der Waals surface area contributed by atoms with Crippen LogP contribution in [0.1, 0.15) is 56.8 Å². The van der Waals surface area contributed by atoms with Crippen molar-refractivity contribution in [3.8, 4) is 5.75 Å². The van der Waals surface area contributed by atoms with Crippen molar-refractivity contribution in [2.45, 2.75) is 64.8 Å². The zero-order valence-electron chi connectivity index (χ0n) is 20.8. The summed E-state index contributed by atoms with van der Waals surface area (Å²) < 4.78 is 8.30. The van der Waals surface area contributed by atoms with E-state index in [2.05, 4.69) is 47.1 Å². The van der Waals surface area contributed by atoms with E-state index in [1.165, 1.54) is 24.8 Å². The van der Waals surface area contributed by atoms with Crippen LogP contribution in [-0.4, -0.2) is 28.6 Å². The second-order valence-corrected chi connectivity index (χ2v) is 11.2. The summed E-state index contributed by atoms with van der Waals surface area (Å²) in [7, 11) is 0. The van der Waals surface area contributed by atoms with Gasteiger partial charge < -0.3 is 14.6 Å². The van der Waals surface area contributed by atoms with Gasteiger partial charge in [0, 0.05) is 18.4 Å². The molecule has 7 rings (SSSR count). The van der Waals surface area contributed by atoms with E-state index < -0.39 is 0 Å². The molecule has 0 spiro atoms. The lowest BCUT2D eigenvalue weighted by atomic mass is 9.49. The predicted molar refractivity (Wildman–Crippen MR) is 138 cm³/mol. The van der Waals surface area contributed by atoms with E-state index in [1.807, 2.05) is 18.2 Å². The van der Waals surface area contributed by atoms with Gasteiger partial charge in [0.05, 0.1) is 17.6 Å². The number of nitrogens with zero attached hydrogens (tertiary/aromatic N) is 2. The van der Waals surface area contributed by atoms with Gasteiger partial charge in [-0.15, -0.1) is 0 Å². The Labute approximate surface area is 208 Å². The lowest BCUT2D eigenvalue weighted by Crippen LogP contribution is -2.53. The van der Waals surface area contributed by atoms with Gasteiger partial charge in [0.2, 0.25) is 5.91 Å². The lowest BCUT2D eigenvalue weighted by molar-refractivity contribution is -0.146. The number of benzene rings is 2. The molecule has 3 aromatic rings. The van der Waals surface area contributed by atoms with Gasteiger partial charge in [-0.25, -0.2) is 4.98 Å². The topological polar surface area (TPSA) is 56.1 Å². The van der Waals surface area contributed by atoms with E-state index >= 15 is 0 Å². The van der Waals surface area contributed by atoms with Gasteiger partial charge in [-0.2, -0.15) is 0 Å². The average molecular weight is 472 g/mol. The third-order valence-electron chi connectivity index (χ3n) is 8.80. The molecular weight excluding hydrogens is 434 g/mol. The molecule has 4 aliphatic rings. The molecule has 4 fully saturated rings. The van der Waals surface area contributed by atoms with Crippen molar-refractivity contribution in [1.82, 2.24) is 14.9 Å². The number of aromatic nitrogens is 2. The molecule has 1 N–H and O–H groups in total. The highest BCUT2D eigenvalue weighted by molar-refractivity contribution is 5.83. The molecule has 2 aromatic carbocycles. The molecule has 4 aliphatic carbocycles. The molecule has 0 saturated heterocycles. The Hall–Kier alpha value is -2.82. The molecule has 0 aliphatic heterocycles. The van der Waals surface area contributed by atoms with Crippen LogP contribution in [0, 0.1) is 23.2 Å². The summed E-state index contributed by atoms with van der Waals surface area (Å²) in [6.07, 6.45) is 9.19. The number of fused-ring (bicyclic) bond motifs is 1. The van der Waals surface area contributed by atoms with Gasteiger partial charge in [0.1, 0.15) is 18.2 Å². The number of rotatable bonds is 9. The number of nitrogens with one attached hydrogen (secondary N) is 1. The van der Waals surface area contributed by atoms with E-state index in [9.17, 15) is 4.79 Å². The van der Waals surface area contributed by atoms with Gasteiger partial charge in [-0.05, 0) is 92.5 Å². The molecule has 184 valence electrons. The second-order valence-electron chi connectivity index (χ2n) is 11.2. The van der Waals surface area contributed by atoms with Crippen molar-refractivity contribution in [3.63, 3.8) is 0 Å². The summed E-state index contributed by atoms with van der Waals surface area (Å²) in [4.78, 5) is 18.3. The maximum absolute atomic E-state index is 13.4. The highest BCUT2D eigenvalue weighted by atomic mass is 16.5. The van der Waals surface area contributed by atoms with Crippen molar-refractivity contribution in [3.05, 3.63) is 59.9 Å². The van der Waals surface area contributed by atoms with Crippen molar-refractivity contribution in [1.29, 1.82) is 0 Å². The van der Waals surface area contributed by atoms with Gasteiger partial charge in [-0.3, -0.25) is 4.79 Å². The summed E-state index contributed by atoms with van der Waals surface area (Å²) >= 11 is 0. The maximum atomic E-state index is 13.4. The number of hydrogen-bond acceptors (Lipinski definition) is 3. The number of aryl methyl sites for hydroxylation is 1. The van der Waals surface area contributed by atoms with E-state index in [4.69, 9.17) is 9.72 Å². The van der Waals surface area contributed by atoms with Crippen LogP contribution < -0.4 is 10.1 Å². The molecular formula is C30H37N3O2. The summed E-state index contributed by atoms with van der Waals surface area (Å²) in [5.41, 5.74) is 3.36. The Balaban J connectivity index is 1.10. The number of hydrogen-bond donors (Lipinski definition) is 1. The lowest BCUT2D eigenvalue weighted by Gasteiger charge is -2.55. The average Bonchev–Trinajstić information content (AvgIpc) is 3.21. The van der Waals surface area contributed by atoms with Crippen molar-refractivity contribution in [2.24, 2.45) is 23.2 Å². The molecule has 1 amide bonds. The molecule has 0 radical (unpaired) electrons. The van der Waals surface area contributed by atoms with Crippen LogP contribution in [0.15, 0.2) is 48.5 Å². The van der Waals surface area contributed by atoms with Gasteiger partial charge in [-0.1, -0.05) is 31.2 Å². The third-order valence-corrected chi connectivity index (χ3v) is 8.80. The minimum absolute atomic E-state index is 0.0873. The minimum atomic E-state index is -0.0873. The first-order chi connectivity index (χ1) is 17.1. The smallest absolute Gasteiger partial charge is 0.226 e. The van der Waals surface area contributed by atoms with Crippen LogP contribution in [0.3, 0.4) is 0 Å². The van der Waals surface area contributed by atoms with E-state index in [-0.39, 0.29) is 5.41 Å². The Bertz CT molecular complexity index is 1160. The molecule has 1 aromatic heterocycles. The predicted octanol–water partition coefficient (Wildman–Crippen LogP) is 5.55. The van der Waals surface area contributed by atoms with Crippen molar-refractivity contribution >= 4 is 16.9 Å². The monoisotopic (exact) mass is 471 g/mol. The Kier molecular flexibility index (Phi) is 6.03. The number of carbonyl (C=O) groups excluding carboxylic acids is 1. The van der Waals surface area contributed by atoms with Crippen LogP contribution in [0.4, 0.5) is 0 Å². The Morgan fingerprint density at radius 1 is 1.03 bits per heavy atom. The minimum Gasteiger partial charge on any atom is -0.492 e. The molecule has 1 heterocycles. The molecule has 0 unspecified atom stereocenters. The number of amides is 1. The molecule has 0 atom stereocenters. The van der Waals surface area contributed by atoms with Gasteiger partial charge in [0.15, 0.2) is 0 Å². The second kappa shape index (κ2) is 9.33. The zero-order valence-corrected chi connectivity index (χ0v) is 20.8. The number of carbonyl (C=O) groups is 1. The highest BCUT2D eigenvalue weighted by Crippen LogP contribution is 2.60. The molecule has 5 nitrogen and oxygen atoms in total. The standard InChI is InChI=1S/C30H37N3O2/c1-2-21-7-9-25(10-8-21)35-14-13-33-27-6-4-3-5-26(27)32-28(33)11-12-31-29(34)30-18-22-15-23(19-30)17-24(16-22)20-30/h3-10,22-24H,2,11-20H2,1H3,(H,31,34). The molecule has 35 heavy (non-hydrogen) atoms. The van der Waals surface area contributed by atoms with Gasteiger partial charge >= 0.3 is 0 Å². The van der Waals surface area contributed by atoms with Gasteiger partial charge in [0.25, 0.3) is 0 Å². The van der Waals surface area contributed by atoms with Crippen LogP contribution in [-0.2, 0) is 24.2 Å². The Morgan fingerprint density at radius 3 is 2.40 bits per heavy atom. The third kappa shape index (κ3) is 4.46. The first kappa shape index (κ1) is 22.6. The summed E-state index contributed by atoms with van der Waals surface area (Å²) in [5.74, 6) is 4.58. The summed E-state index contributed by atoms with van der Waals surface area (Å²) in [6.45, 7) is 4.11. The highest BCUT2D eigenvalue weighted by Gasteiger charge is 2.54. The fraction of sp³-hybridized carbons (Fsp3) is 0.533. The van der Waals surface area contributed by atoms with E-state index in [0.717, 1.165) is 79.0 Å². The van der Waals surface area contributed by atoms with Crippen LogP contribution in [0.5, 0.6) is 5.75 Å². The first-order valence-electron chi connectivity index (χ1n) is 13.6. The van der Waals surface area contributed by atoms with Crippen LogP contribution >= 0.6 is 0 Å². The zero-order chi connectivity index (χ0) is 23.8. The fourth-order valence-corrected chi connectivity index (χ4v) is 7.51. The first-order valence-corrected chi connectivity index (χ1v) is 13.6. The fourth-order valence-electron chi connectivity index (χ4n) is 7.51. The summed E-state index contributed by atoms with van der Waals surface area (Å²) in [6, 6.07) is 16.6. The number of ether oxygens (including phenoxy) is 1. The quantitative estimate of drug-likeness (QED) is 0.445. The number of para-hydroxylation sites is 2. The molecule has 4 saturated carbocycles. The SMILES string of the molecule is CCc1ccc(OCCn2c(CCNC(=O)C34CC5CC(CC(C5)C3)C4)nc3ccccc32)cc1. The normalized spacial score (nSPS) is 26.8. The molecule has 5 heteroatoms. The largest absolute Gasteiger partial charge is 0.492 e. The number of imidazole rings is 1. The van der Waals surface area contributed by atoms with Crippen LogP contribution in [0.25, 0.3) is 11.0 Å². The summed E-state index contributed by atoms with van der Waals surface area (Å²) in [5, 5.41) is 3.33. The van der Waals surface area contributed by atoms with Crippen LogP contribution in [0.2, 0.25) is 0 Å². The maximum Gasteiger partial charge on any atom is 0.226 e. The van der Waals surface area contributed by atoms with Crippen molar-refractivity contribution in [2.75, 3.05) is 13.2 Å². The molecule has 4 bridgehead atoms. The van der Waals surface area contributed by atoms with E-state index in [1.54, 1.807) is 0 Å². The Morgan fingerprint density at radius 2 is 1.71 bits per heavy atom.